The Kier molecular flexibility index (Phi) is 3.68. The monoisotopic (exact) mass is 250 g/mol. The Morgan fingerprint density at radius 2 is 1.89 bits per heavy atom. The van der Waals surface area contributed by atoms with Crippen LogP contribution in [-0.4, -0.2) is 30.1 Å². The zero-order valence-corrected chi connectivity index (χ0v) is 12.0. The number of hydrogen-bond acceptors (Lipinski definition) is 2. The molecule has 2 N–H and O–H groups in total. The molecule has 0 aromatic heterocycles. The lowest BCUT2D eigenvalue weighted by molar-refractivity contribution is 0.00237. The van der Waals surface area contributed by atoms with Gasteiger partial charge < -0.3 is 5.73 Å². The zero-order valence-electron chi connectivity index (χ0n) is 12.0. The summed E-state index contributed by atoms with van der Waals surface area (Å²) in [6, 6.07) is 0. The first-order chi connectivity index (χ1) is 8.75. The molecule has 2 nitrogen and oxygen atoms in total. The SMILES string of the molecule is CCC1CCC(CN)(N2CC3CCCC(C3)C2)C1. The van der Waals surface area contributed by atoms with Crippen molar-refractivity contribution in [3.05, 3.63) is 0 Å². The molecule has 0 aromatic rings. The van der Waals surface area contributed by atoms with E-state index in [1.165, 1.54) is 64.5 Å². The maximum atomic E-state index is 6.23. The fourth-order valence-electron chi connectivity index (χ4n) is 4.98. The lowest BCUT2D eigenvalue weighted by Crippen LogP contribution is -2.58. The topological polar surface area (TPSA) is 29.3 Å². The molecular weight excluding hydrogens is 220 g/mol. The zero-order chi connectivity index (χ0) is 12.6. The second-order valence-corrected chi connectivity index (χ2v) is 7.25. The molecule has 0 aromatic carbocycles. The summed E-state index contributed by atoms with van der Waals surface area (Å²) in [6.07, 6.45) is 11.4. The molecule has 4 atom stereocenters. The van der Waals surface area contributed by atoms with Crippen LogP contribution in [-0.2, 0) is 0 Å². The molecule has 2 aliphatic carbocycles. The maximum absolute atomic E-state index is 6.23. The van der Waals surface area contributed by atoms with E-state index in [1.807, 2.05) is 0 Å². The van der Waals surface area contributed by atoms with Gasteiger partial charge in [0.05, 0.1) is 0 Å². The first-order valence-electron chi connectivity index (χ1n) is 8.21. The molecule has 3 rings (SSSR count). The number of fused-ring (bicyclic) bond motifs is 2. The lowest BCUT2D eigenvalue weighted by atomic mass is 9.75. The Hall–Kier alpha value is -0.0800. The molecular formula is C16H30N2. The third-order valence-electron chi connectivity index (χ3n) is 6.16. The minimum Gasteiger partial charge on any atom is -0.329 e. The van der Waals surface area contributed by atoms with Crippen LogP contribution in [0.1, 0.15) is 58.3 Å². The minimum absolute atomic E-state index is 0.384. The molecule has 4 unspecified atom stereocenters. The smallest absolute Gasteiger partial charge is 0.0334 e. The highest BCUT2D eigenvalue weighted by atomic mass is 15.2. The molecule has 104 valence electrons. The molecule has 1 heterocycles. The van der Waals surface area contributed by atoms with Crippen LogP contribution in [0.5, 0.6) is 0 Å². The molecule has 1 saturated heterocycles. The average Bonchev–Trinajstić information content (AvgIpc) is 2.83. The molecule has 3 fully saturated rings. The van der Waals surface area contributed by atoms with Crippen LogP contribution >= 0.6 is 0 Å². The van der Waals surface area contributed by atoms with Crippen LogP contribution in [0.2, 0.25) is 0 Å². The Balaban J connectivity index is 1.72. The van der Waals surface area contributed by atoms with Gasteiger partial charge in [0, 0.05) is 25.2 Å². The van der Waals surface area contributed by atoms with Crippen LogP contribution in [0.3, 0.4) is 0 Å². The Morgan fingerprint density at radius 3 is 2.44 bits per heavy atom. The Bertz CT molecular complexity index is 279. The second kappa shape index (κ2) is 5.13. The van der Waals surface area contributed by atoms with Crippen molar-refractivity contribution < 1.29 is 0 Å². The molecule has 3 aliphatic rings. The van der Waals surface area contributed by atoms with Crippen molar-refractivity contribution in [2.75, 3.05) is 19.6 Å². The van der Waals surface area contributed by atoms with Crippen molar-refractivity contribution in [3.63, 3.8) is 0 Å². The minimum atomic E-state index is 0.384. The van der Waals surface area contributed by atoms with Gasteiger partial charge in [-0.1, -0.05) is 19.8 Å². The van der Waals surface area contributed by atoms with Gasteiger partial charge in [0.2, 0.25) is 0 Å². The number of nitrogens with zero attached hydrogens (tertiary/aromatic N) is 1. The summed E-state index contributed by atoms with van der Waals surface area (Å²) in [5.74, 6) is 2.92. The van der Waals surface area contributed by atoms with Crippen LogP contribution in [0, 0.1) is 17.8 Å². The number of rotatable bonds is 3. The van der Waals surface area contributed by atoms with Gasteiger partial charge >= 0.3 is 0 Å². The third-order valence-corrected chi connectivity index (χ3v) is 6.16. The summed E-state index contributed by atoms with van der Waals surface area (Å²) < 4.78 is 0. The highest BCUT2D eigenvalue weighted by molar-refractivity contribution is 5.01. The summed E-state index contributed by atoms with van der Waals surface area (Å²) in [5, 5.41) is 0. The molecule has 1 aliphatic heterocycles. The van der Waals surface area contributed by atoms with E-state index in [9.17, 15) is 0 Å². The fraction of sp³-hybridized carbons (Fsp3) is 1.00. The molecule has 2 saturated carbocycles. The van der Waals surface area contributed by atoms with Crippen LogP contribution in [0.25, 0.3) is 0 Å². The average molecular weight is 250 g/mol. The van der Waals surface area contributed by atoms with Crippen molar-refractivity contribution in [1.29, 1.82) is 0 Å². The van der Waals surface area contributed by atoms with Crippen molar-refractivity contribution in [1.82, 2.24) is 4.90 Å². The van der Waals surface area contributed by atoms with Gasteiger partial charge in [-0.15, -0.1) is 0 Å². The first-order valence-corrected chi connectivity index (χ1v) is 8.21. The van der Waals surface area contributed by atoms with E-state index in [0.717, 1.165) is 24.3 Å². The molecule has 0 spiro atoms. The van der Waals surface area contributed by atoms with Gasteiger partial charge in [-0.05, 0) is 56.3 Å². The first kappa shape index (κ1) is 12.9. The van der Waals surface area contributed by atoms with E-state index in [-0.39, 0.29) is 0 Å². The predicted octanol–water partition coefficient (Wildman–Crippen LogP) is 3.02. The summed E-state index contributed by atoms with van der Waals surface area (Å²) in [7, 11) is 0. The lowest BCUT2D eigenvalue weighted by Gasteiger charge is -2.50. The largest absolute Gasteiger partial charge is 0.329 e. The van der Waals surface area contributed by atoms with Gasteiger partial charge in [-0.3, -0.25) is 4.90 Å². The van der Waals surface area contributed by atoms with Crippen molar-refractivity contribution in [2.24, 2.45) is 23.5 Å². The van der Waals surface area contributed by atoms with Crippen molar-refractivity contribution in [3.8, 4) is 0 Å². The number of hydrogen-bond donors (Lipinski definition) is 1. The number of nitrogens with two attached hydrogens (primary N) is 1. The third kappa shape index (κ3) is 2.22. The predicted molar refractivity (Wildman–Crippen MR) is 76.4 cm³/mol. The highest BCUT2D eigenvalue weighted by Crippen LogP contribution is 2.44. The van der Waals surface area contributed by atoms with E-state index in [1.54, 1.807) is 0 Å². The van der Waals surface area contributed by atoms with Crippen LogP contribution < -0.4 is 5.73 Å². The summed E-state index contributed by atoms with van der Waals surface area (Å²) >= 11 is 0. The van der Waals surface area contributed by atoms with E-state index in [4.69, 9.17) is 5.73 Å². The molecule has 0 amide bonds. The van der Waals surface area contributed by atoms with Crippen LogP contribution in [0.4, 0.5) is 0 Å². The normalized spacial score (nSPS) is 45.3. The van der Waals surface area contributed by atoms with E-state index in [0.29, 0.717) is 5.54 Å². The van der Waals surface area contributed by atoms with E-state index >= 15 is 0 Å². The molecule has 0 radical (unpaired) electrons. The fourth-order valence-corrected chi connectivity index (χ4v) is 4.98. The highest BCUT2D eigenvalue weighted by Gasteiger charge is 2.45. The van der Waals surface area contributed by atoms with Gasteiger partial charge in [-0.25, -0.2) is 0 Å². The second-order valence-electron chi connectivity index (χ2n) is 7.25. The number of piperidine rings is 1. The van der Waals surface area contributed by atoms with E-state index in [2.05, 4.69) is 11.8 Å². The summed E-state index contributed by atoms with van der Waals surface area (Å²) in [6.45, 7) is 5.94. The molecule has 2 bridgehead atoms. The van der Waals surface area contributed by atoms with Gasteiger partial charge in [-0.2, -0.15) is 0 Å². The summed E-state index contributed by atoms with van der Waals surface area (Å²) in [5.41, 5.74) is 6.61. The Morgan fingerprint density at radius 1 is 1.17 bits per heavy atom. The maximum Gasteiger partial charge on any atom is 0.0334 e. The standard InChI is InChI=1S/C16H30N2/c1-2-13-6-7-16(9-13,12-17)18-10-14-4-3-5-15(8-14)11-18/h13-15H,2-12,17H2,1H3. The van der Waals surface area contributed by atoms with Crippen molar-refractivity contribution in [2.45, 2.75) is 63.8 Å². The Labute approximate surface area is 112 Å². The van der Waals surface area contributed by atoms with Gasteiger partial charge in [0.25, 0.3) is 0 Å². The van der Waals surface area contributed by atoms with Gasteiger partial charge in [0.15, 0.2) is 0 Å². The summed E-state index contributed by atoms with van der Waals surface area (Å²) in [4.78, 5) is 2.83. The van der Waals surface area contributed by atoms with Gasteiger partial charge in [0.1, 0.15) is 0 Å². The van der Waals surface area contributed by atoms with Crippen molar-refractivity contribution >= 4 is 0 Å². The quantitative estimate of drug-likeness (QED) is 0.834. The molecule has 18 heavy (non-hydrogen) atoms. The molecule has 2 heteroatoms. The van der Waals surface area contributed by atoms with E-state index < -0.39 is 0 Å². The van der Waals surface area contributed by atoms with Crippen LogP contribution in [0.15, 0.2) is 0 Å². The number of likely N-dealkylation sites (tertiary alicyclic amines) is 1.